The van der Waals surface area contributed by atoms with E-state index in [1.807, 2.05) is 0 Å². The van der Waals surface area contributed by atoms with Gasteiger partial charge in [-0.25, -0.2) is 0 Å². The van der Waals surface area contributed by atoms with Crippen molar-refractivity contribution in [3.05, 3.63) is 0 Å². The summed E-state index contributed by atoms with van der Waals surface area (Å²) in [6.07, 6.45) is 5.12. The van der Waals surface area contributed by atoms with E-state index in [0.717, 1.165) is 13.1 Å². The van der Waals surface area contributed by atoms with E-state index >= 15 is 0 Å². The Morgan fingerprint density at radius 1 is 1.24 bits per heavy atom. The van der Waals surface area contributed by atoms with E-state index in [-0.39, 0.29) is 5.54 Å². The zero-order valence-electron chi connectivity index (χ0n) is 12.6. The van der Waals surface area contributed by atoms with E-state index in [0.29, 0.717) is 11.3 Å². The van der Waals surface area contributed by atoms with Crippen molar-refractivity contribution in [1.29, 1.82) is 0 Å². The van der Waals surface area contributed by atoms with Gasteiger partial charge in [-0.3, -0.25) is 4.90 Å². The highest BCUT2D eigenvalue weighted by Gasteiger charge is 2.45. The average Bonchev–Trinajstić information content (AvgIpc) is 2.27. The fourth-order valence-corrected chi connectivity index (χ4v) is 3.79. The van der Waals surface area contributed by atoms with Gasteiger partial charge in [0.05, 0.1) is 0 Å². The van der Waals surface area contributed by atoms with Crippen LogP contribution >= 0.6 is 0 Å². The average molecular weight is 240 g/mol. The van der Waals surface area contributed by atoms with Crippen molar-refractivity contribution in [3.8, 4) is 0 Å². The molecule has 0 spiro atoms. The molecule has 0 amide bonds. The first-order valence-corrected chi connectivity index (χ1v) is 7.37. The number of nitrogens with zero attached hydrogens (tertiary/aromatic N) is 1. The van der Waals surface area contributed by atoms with Crippen molar-refractivity contribution in [2.75, 3.05) is 19.6 Å². The lowest BCUT2D eigenvalue weighted by Gasteiger charge is -2.53. The lowest BCUT2D eigenvalue weighted by molar-refractivity contribution is -0.0195. The Hall–Kier alpha value is -0.0800. The first-order chi connectivity index (χ1) is 7.91. The molecule has 17 heavy (non-hydrogen) atoms. The van der Waals surface area contributed by atoms with Crippen LogP contribution in [-0.2, 0) is 0 Å². The Morgan fingerprint density at radius 3 is 2.29 bits per heavy atom. The van der Waals surface area contributed by atoms with Crippen LogP contribution in [0.1, 0.15) is 60.3 Å². The third-order valence-electron chi connectivity index (χ3n) is 4.87. The van der Waals surface area contributed by atoms with Gasteiger partial charge in [0.1, 0.15) is 0 Å². The third-order valence-corrected chi connectivity index (χ3v) is 4.87. The molecule has 2 nitrogen and oxygen atoms in total. The first kappa shape index (κ1) is 15.0. The van der Waals surface area contributed by atoms with E-state index in [2.05, 4.69) is 39.5 Å². The van der Waals surface area contributed by atoms with Crippen LogP contribution in [0.5, 0.6) is 0 Å². The second-order valence-electron chi connectivity index (χ2n) is 6.66. The molecule has 0 aliphatic heterocycles. The largest absolute Gasteiger partial charge is 0.329 e. The summed E-state index contributed by atoms with van der Waals surface area (Å²) in [6.45, 7) is 14.9. The van der Waals surface area contributed by atoms with E-state index in [1.54, 1.807) is 0 Å². The molecule has 0 radical (unpaired) electrons. The molecule has 0 aromatic rings. The summed E-state index contributed by atoms with van der Waals surface area (Å²) in [7, 11) is 0. The number of likely N-dealkylation sites (N-methyl/N-ethyl adjacent to an activating group) is 1. The Labute approximate surface area is 108 Å². The second-order valence-corrected chi connectivity index (χ2v) is 6.66. The highest BCUT2D eigenvalue weighted by atomic mass is 15.2. The molecule has 0 bridgehead atoms. The van der Waals surface area contributed by atoms with Crippen molar-refractivity contribution < 1.29 is 0 Å². The third kappa shape index (κ3) is 3.03. The van der Waals surface area contributed by atoms with Crippen LogP contribution in [0.25, 0.3) is 0 Å². The number of nitrogens with two attached hydrogens (primary N) is 1. The van der Waals surface area contributed by atoms with E-state index < -0.39 is 0 Å². The molecular formula is C15H32N2. The van der Waals surface area contributed by atoms with Crippen LogP contribution in [-0.4, -0.2) is 30.1 Å². The monoisotopic (exact) mass is 240 g/mol. The Balaban J connectivity index is 2.87. The summed E-state index contributed by atoms with van der Waals surface area (Å²) in [4.78, 5) is 2.65. The van der Waals surface area contributed by atoms with Gasteiger partial charge in [-0.2, -0.15) is 0 Å². The molecule has 1 aliphatic carbocycles. The van der Waals surface area contributed by atoms with Crippen LogP contribution in [0, 0.1) is 11.3 Å². The number of hydrogen-bond acceptors (Lipinski definition) is 2. The lowest BCUT2D eigenvalue weighted by atomic mass is 9.63. The highest BCUT2D eigenvalue weighted by molar-refractivity contribution is 5.01. The van der Waals surface area contributed by atoms with Crippen LogP contribution in [0.4, 0.5) is 0 Å². The molecule has 0 aromatic carbocycles. The molecule has 1 rings (SSSR count). The maximum absolute atomic E-state index is 6.18. The SMILES string of the molecule is CCCN(CC)C1(CN)CCC(C)(C)CC1C. The van der Waals surface area contributed by atoms with Crippen molar-refractivity contribution in [1.82, 2.24) is 4.90 Å². The summed E-state index contributed by atoms with van der Waals surface area (Å²) < 4.78 is 0. The Kier molecular flexibility index (Phi) is 5.03. The van der Waals surface area contributed by atoms with E-state index in [1.165, 1.54) is 32.2 Å². The smallest absolute Gasteiger partial charge is 0.0357 e. The van der Waals surface area contributed by atoms with Gasteiger partial charge < -0.3 is 5.73 Å². The van der Waals surface area contributed by atoms with E-state index in [9.17, 15) is 0 Å². The maximum atomic E-state index is 6.18. The van der Waals surface area contributed by atoms with Crippen molar-refractivity contribution in [2.24, 2.45) is 17.1 Å². The predicted octanol–water partition coefficient (Wildman–Crippen LogP) is 3.26. The summed E-state index contributed by atoms with van der Waals surface area (Å²) >= 11 is 0. The number of rotatable bonds is 5. The number of hydrogen-bond donors (Lipinski definition) is 1. The molecule has 0 aromatic heterocycles. The maximum Gasteiger partial charge on any atom is 0.0357 e. The molecular weight excluding hydrogens is 208 g/mol. The van der Waals surface area contributed by atoms with Crippen molar-refractivity contribution in [3.63, 3.8) is 0 Å². The van der Waals surface area contributed by atoms with Crippen molar-refractivity contribution in [2.45, 2.75) is 65.8 Å². The Bertz CT molecular complexity index is 237. The molecule has 2 atom stereocenters. The van der Waals surface area contributed by atoms with Gasteiger partial charge in [-0.15, -0.1) is 0 Å². The zero-order valence-corrected chi connectivity index (χ0v) is 12.6. The fourth-order valence-electron chi connectivity index (χ4n) is 3.79. The molecule has 1 saturated carbocycles. The summed E-state index contributed by atoms with van der Waals surface area (Å²) in [6, 6.07) is 0. The molecule has 1 fully saturated rings. The molecule has 0 heterocycles. The van der Waals surface area contributed by atoms with Gasteiger partial charge in [0.15, 0.2) is 0 Å². The lowest BCUT2D eigenvalue weighted by Crippen LogP contribution is -2.61. The van der Waals surface area contributed by atoms with Gasteiger partial charge in [-0.05, 0) is 50.1 Å². The topological polar surface area (TPSA) is 29.3 Å². The molecule has 0 saturated heterocycles. The highest BCUT2D eigenvalue weighted by Crippen LogP contribution is 2.46. The molecule has 1 aliphatic rings. The van der Waals surface area contributed by atoms with Gasteiger partial charge in [-0.1, -0.05) is 34.6 Å². The van der Waals surface area contributed by atoms with Gasteiger partial charge >= 0.3 is 0 Å². The minimum atomic E-state index is 0.264. The first-order valence-electron chi connectivity index (χ1n) is 7.37. The summed E-state index contributed by atoms with van der Waals surface area (Å²) in [5.41, 5.74) is 6.95. The van der Waals surface area contributed by atoms with Gasteiger partial charge in [0.25, 0.3) is 0 Å². The normalized spacial score (nSPS) is 33.0. The fraction of sp³-hybridized carbons (Fsp3) is 1.00. The van der Waals surface area contributed by atoms with Gasteiger partial charge in [0.2, 0.25) is 0 Å². The zero-order chi connectivity index (χ0) is 13.1. The molecule has 2 heteroatoms. The summed E-state index contributed by atoms with van der Waals surface area (Å²) in [5, 5.41) is 0. The minimum absolute atomic E-state index is 0.264. The van der Waals surface area contributed by atoms with Crippen LogP contribution in [0.2, 0.25) is 0 Å². The van der Waals surface area contributed by atoms with Gasteiger partial charge in [0, 0.05) is 12.1 Å². The quantitative estimate of drug-likeness (QED) is 0.799. The standard InChI is InChI=1S/C15H32N2/c1-6-10-17(7-2)15(12-16)9-8-14(4,5)11-13(15)3/h13H,6-12,16H2,1-5H3. The van der Waals surface area contributed by atoms with E-state index in [4.69, 9.17) is 5.73 Å². The molecule has 2 unspecified atom stereocenters. The minimum Gasteiger partial charge on any atom is -0.329 e. The van der Waals surface area contributed by atoms with Crippen LogP contribution in [0.3, 0.4) is 0 Å². The Morgan fingerprint density at radius 2 is 1.88 bits per heavy atom. The second kappa shape index (κ2) is 5.71. The summed E-state index contributed by atoms with van der Waals surface area (Å²) in [5.74, 6) is 0.711. The van der Waals surface area contributed by atoms with Crippen LogP contribution < -0.4 is 5.73 Å². The molecule has 102 valence electrons. The predicted molar refractivity (Wildman–Crippen MR) is 76.1 cm³/mol. The van der Waals surface area contributed by atoms with Crippen molar-refractivity contribution >= 4 is 0 Å². The van der Waals surface area contributed by atoms with Crippen LogP contribution in [0.15, 0.2) is 0 Å². The molecule has 2 N–H and O–H groups in total.